The van der Waals surface area contributed by atoms with Crippen LogP contribution in [0, 0.1) is 5.82 Å². The van der Waals surface area contributed by atoms with E-state index in [0.717, 1.165) is 0 Å². The molecule has 0 atom stereocenters. The third-order valence-corrected chi connectivity index (χ3v) is 3.01. The van der Waals surface area contributed by atoms with Crippen LogP contribution in [0.25, 0.3) is 0 Å². The highest BCUT2D eigenvalue weighted by molar-refractivity contribution is 6.00. The van der Waals surface area contributed by atoms with Crippen LogP contribution >= 0.6 is 0 Å². The second kappa shape index (κ2) is 5.61. The molecule has 0 aliphatic rings. The molecule has 2 aromatic carbocycles. The van der Waals surface area contributed by atoms with Gasteiger partial charge in [0.15, 0.2) is 0 Å². The van der Waals surface area contributed by atoms with Gasteiger partial charge < -0.3 is 16.4 Å². The van der Waals surface area contributed by atoms with Crippen LogP contribution in [0.4, 0.5) is 21.5 Å². The molecule has 0 aliphatic heterocycles. The highest BCUT2D eigenvalue weighted by Crippen LogP contribution is 2.30. The lowest BCUT2D eigenvalue weighted by Gasteiger charge is -2.25. The van der Waals surface area contributed by atoms with E-state index in [-0.39, 0.29) is 5.82 Å². The summed E-state index contributed by atoms with van der Waals surface area (Å²) in [5.41, 5.74) is 13.1. The molecule has 20 heavy (non-hydrogen) atoms. The Hall–Kier alpha value is -2.56. The SMILES string of the molecule is CCN(c1cccc(F)c1)c1ccc(N)cc1C(N)=O. The Morgan fingerprint density at radius 2 is 2.00 bits per heavy atom. The Morgan fingerprint density at radius 1 is 1.25 bits per heavy atom. The molecule has 2 aromatic rings. The Labute approximate surface area is 116 Å². The lowest BCUT2D eigenvalue weighted by atomic mass is 10.1. The number of halogens is 1. The van der Waals surface area contributed by atoms with E-state index in [1.165, 1.54) is 18.2 Å². The molecule has 0 fully saturated rings. The van der Waals surface area contributed by atoms with Crippen molar-refractivity contribution in [2.75, 3.05) is 17.2 Å². The molecule has 5 heteroatoms. The van der Waals surface area contributed by atoms with Gasteiger partial charge in [-0.15, -0.1) is 0 Å². The molecule has 0 unspecified atom stereocenters. The topological polar surface area (TPSA) is 72.3 Å². The first-order chi connectivity index (χ1) is 9.52. The van der Waals surface area contributed by atoms with Gasteiger partial charge in [0.05, 0.1) is 11.3 Å². The number of nitrogens with zero attached hydrogens (tertiary/aromatic N) is 1. The van der Waals surface area contributed by atoms with Gasteiger partial charge >= 0.3 is 0 Å². The van der Waals surface area contributed by atoms with Crippen LogP contribution in [-0.2, 0) is 0 Å². The van der Waals surface area contributed by atoms with Crippen LogP contribution in [-0.4, -0.2) is 12.5 Å². The number of anilines is 3. The zero-order valence-electron chi connectivity index (χ0n) is 11.1. The number of rotatable bonds is 4. The molecule has 104 valence electrons. The minimum Gasteiger partial charge on any atom is -0.399 e. The number of hydrogen-bond donors (Lipinski definition) is 2. The molecule has 0 bridgehead atoms. The van der Waals surface area contributed by atoms with Crippen molar-refractivity contribution in [1.82, 2.24) is 0 Å². The highest BCUT2D eigenvalue weighted by atomic mass is 19.1. The number of nitrogens with two attached hydrogens (primary N) is 2. The minimum absolute atomic E-state index is 0.316. The first-order valence-corrected chi connectivity index (χ1v) is 6.25. The highest BCUT2D eigenvalue weighted by Gasteiger charge is 2.16. The maximum atomic E-state index is 13.4. The molecule has 0 saturated carbocycles. The number of nitrogen functional groups attached to an aromatic ring is 1. The molecule has 0 aromatic heterocycles. The van der Waals surface area contributed by atoms with Gasteiger partial charge in [-0.3, -0.25) is 4.79 Å². The van der Waals surface area contributed by atoms with Crippen LogP contribution in [0.2, 0.25) is 0 Å². The predicted octanol–water partition coefficient (Wildman–Crippen LogP) is 2.66. The number of carbonyl (C=O) groups excluding carboxylic acids is 1. The summed E-state index contributed by atoms with van der Waals surface area (Å²) in [6.45, 7) is 2.47. The van der Waals surface area contributed by atoms with Crippen molar-refractivity contribution in [2.45, 2.75) is 6.92 Å². The molecule has 1 amide bonds. The smallest absolute Gasteiger partial charge is 0.250 e. The fourth-order valence-corrected chi connectivity index (χ4v) is 2.12. The van der Waals surface area contributed by atoms with E-state index in [1.54, 1.807) is 24.3 Å². The minimum atomic E-state index is -0.567. The van der Waals surface area contributed by atoms with Gasteiger partial charge in [0.1, 0.15) is 5.82 Å². The van der Waals surface area contributed by atoms with Gasteiger partial charge in [-0.1, -0.05) is 6.07 Å². The third kappa shape index (κ3) is 2.71. The largest absolute Gasteiger partial charge is 0.399 e. The van der Waals surface area contributed by atoms with Crippen molar-refractivity contribution >= 4 is 23.0 Å². The van der Waals surface area contributed by atoms with Crippen molar-refractivity contribution in [3.05, 3.63) is 53.8 Å². The lowest BCUT2D eigenvalue weighted by Crippen LogP contribution is -2.22. The lowest BCUT2D eigenvalue weighted by molar-refractivity contribution is 0.100. The molecular formula is C15H16FN3O. The normalized spacial score (nSPS) is 10.3. The van der Waals surface area contributed by atoms with Gasteiger partial charge in [0, 0.05) is 17.9 Å². The van der Waals surface area contributed by atoms with E-state index < -0.39 is 5.91 Å². The first kappa shape index (κ1) is 13.9. The van der Waals surface area contributed by atoms with E-state index >= 15 is 0 Å². The van der Waals surface area contributed by atoms with Crippen LogP contribution in [0.5, 0.6) is 0 Å². The summed E-state index contributed by atoms with van der Waals surface area (Å²) in [6, 6.07) is 11.1. The second-order valence-electron chi connectivity index (χ2n) is 4.36. The maximum Gasteiger partial charge on any atom is 0.250 e. The van der Waals surface area contributed by atoms with Crippen LogP contribution in [0.1, 0.15) is 17.3 Å². The molecule has 0 aliphatic carbocycles. The average Bonchev–Trinajstić information content (AvgIpc) is 2.41. The van der Waals surface area contributed by atoms with Crippen molar-refractivity contribution in [1.29, 1.82) is 0 Å². The van der Waals surface area contributed by atoms with Crippen LogP contribution < -0.4 is 16.4 Å². The standard InChI is InChI=1S/C15H16FN3O/c1-2-19(12-5-3-4-10(16)8-12)14-7-6-11(17)9-13(14)15(18)20/h3-9H,2,17H2,1H3,(H2,18,20). The van der Waals surface area contributed by atoms with Gasteiger partial charge in [0.25, 0.3) is 5.91 Å². The van der Waals surface area contributed by atoms with Crippen molar-refractivity contribution < 1.29 is 9.18 Å². The first-order valence-electron chi connectivity index (χ1n) is 6.25. The summed E-state index contributed by atoms with van der Waals surface area (Å²) in [5.74, 6) is -0.904. The fraction of sp³-hybridized carbons (Fsp3) is 0.133. The van der Waals surface area contributed by atoms with E-state index in [4.69, 9.17) is 11.5 Å². The molecule has 0 spiro atoms. The molecule has 0 heterocycles. The number of primary amides is 1. The van der Waals surface area contributed by atoms with E-state index in [2.05, 4.69) is 0 Å². The number of carbonyl (C=O) groups is 1. The van der Waals surface area contributed by atoms with E-state index in [1.807, 2.05) is 11.8 Å². The number of hydrogen-bond acceptors (Lipinski definition) is 3. The molecule has 4 nitrogen and oxygen atoms in total. The summed E-state index contributed by atoms with van der Waals surface area (Å²) in [6.07, 6.45) is 0. The van der Waals surface area contributed by atoms with Gasteiger partial charge in [-0.05, 0) is 43.3 Å². The average molecular weight is 273 g/mol. The molecule has 2 rings (SSSR count). The molecular weight excluding hydrogens is 257 g/mol. The van der Waals surface area contributed by atoms with Crippen molar-refractivity contribution in [3.8, 4) is 0 Å². The predicted molar refractivity (Wildman–Crippen MR) is 78.5 cm³/mol. The van der Waals surface area contributed by atoms with Crippen molar-refractivity contribution in [3.63, 3.8) is 0 Å². The van der Waals surface area contributed by atoms with Gasteiger partial charge in [0.2, 0.25) is 0 Å². The molecule has 4 N–H and O–H groups in total. The molecule has 0 radical (unpaired) electrons. The molecule has 0 saturated heterocycles. The Balaban J connectivity index is 2.55. The zero-order valence-corrected chi connectivity index (χ0v) is 11.1. The van der Waals surface area contributed by atoms with E-state index in [0.29, 0.717) is 29.2 Å². The summed E-state index contributed by atoms with van der Waals surface area (Å²) in [5, 5.41) is 0. The summed E-state index contributed by atoms with van der Waals surface area (Å²) < 4.78 is 13.4. The maximum absolute atomic E-state index is 13.4. The van der Waals surface area contributed by atoms with E-state index in [9.17, 15) is 9.18 Å². The van der Waals surface area contributed by atoms with Gasteiger partial charge in [-0.2, -0.15) is 0 Å². The quantitative estimate of drug-likeness (QED) is 0.841. The Morgan fingerprint density at radius 3 is 2.60 bits per heavy atom. The van der Waals surface area contributed by atoms with Crippen LogP contribution in [0.3, 0.4) is 0 Å². The van der Waals surface area contributed by atoms with Gasteiger partial charge in [-0.25, -0.2) is 4.39 Å². The Bertz CT molecular complexity index is 643. The zero-order chi connectivity index (χ0) is 14.7. The number of amides is 1. The fourth-order valence-electron chi connectivity index (χ4n) is 2.12. The third-order valence-electron chi connectivity index (χ3n) is 3.01. The monoisotopic (exact) mass is 273 g/mol. The Kier molecular flexibility index (Phi) is 3.89. The number of benzene rings is 2. The summed E-state index contributed by atoms with van der Waals surface area (Å²) in [7, 11) is 0. The summed E-state index contributed by atoms with van der Waals surface area (Å²) >= 11 is 0. The van der Waals surface area contributed by atoms with Crippen LogP contribution in [0.15, 0.2) is 42.5 Å². The summed E-state index contributed by atoms with van der Waals surface area (Å²) in [4.78, 5) is 13.4. The second-order valence-corrected chi connectivity index (χ2v) is 4.36. The van der Waals surface area contributed by atoms with Crippen molar-refractivity contribution in [2.24, 2.45) is 5.73 Å².